The zero-order chi connectivity index (χ0) is 16.2. The molecule has 0 spiro atoms. The Balaban J connectivity index is 1.99. The molecular formula is C18H26N2OS. The van der Waals surface area contributed by atoms with Crippen LogP contribution in [0.1, 0.15) is 40.0 Å². The van der Waals surface area contributed by atoms with E-state index in [4.69, 9.17) is 17.0 Å². The van der Waals surface area contributed by atoms with Gasteiger partial charge in [-0.1, -0.05) is 23.8 Å². The predicted molar refractivity (Wildman–Crippen MR) is 97.5 cm³/mol. The Morgan fingerprint density at radius 2 is 2.05 bits per heavy atom. The number of methoxy groups -OCH3 is 1. The minimum absolute atomic E-state index is 0.0384. The molecular weight excluding hydrogens is 292 g/mol. The molecule has 1 aliphatic carbocycles. The molecule has 0 unspecified atom stereocenters. The Hall–Kier alpha value is -1.55. The quantitative estimate of drug-likeness (QED) is 0.632. The van der Waals surface area contributed by atoms with Crippen LogP contribution in [0, 0.1) is 5.92 Å². The second kappa shape index (κ2) is 7.14. The fourth-order valence-corrected chi connectivity index (χ4v) is 3.29. The summed E-state index contributed by atoms with van der Waals surface area (Å²) >= 11 is 5.49. The summed E-state index contributed by atoms with van der Waals surface area (Å²) in [5.41, 5.74) is 2.35. The van der Waals surface area contributed by atoms with E-state index >= 15 is 0 Å². The standard InChI is InChI=1S/C18H26N2OS/c1-13-9-11-14(12-10-13)18(2,3)20-17(22)19-15-7-5-6-8-16(15)21-4/h5-9,14H,10-12H2,1-4H3,(H2,19,20,22)/t14-/m0/s1. The Kier molecular flexibility index (Phi) is 5.46. The van der Waals surface area contributed by atoms with Crippen LogP contribution in [0.4, 0.5) is 5.69 Å². The van der Waals surface area contributed by atoms with Crippen LogP contribution in [0.2, 0.25) is 0 Å². The third-order valence-corrected chi connectivity index (χ3v) is 4.65. The zero-order valence-electron chi connectivity index (χ0n) is 13.9. The van der Waals surface area contributed by atoms with E-state index in [1.165, 1.54) is 18.4 Å². The Labute approximate surface area is 139 Å². The maximum absolute atomic E-state index is 5.49. The Morgan fingerprint density at radius 3 is 2.68 bits per heavy atom. The number of ether oxygens (including phenoxy) is 1. The first-order valence-electron chi connectivity index (χ1n) is 7.80. The summed E-state index contributed by atoms with van der Waals surface area (Å²) in [4.78, 5) is 0. The summed E-state index contributed by atoms with van der Waals surface area (Å²) in [5, 5.41) is 7.36. The highest BCUT2D eigenvalue weighted by atomic mass is 32.1. The van der Waals surface area contributed by atoms with Gasteiger partial charge < -0.3 is 15.4 Å². The van der Waals surface area contributed by atoms with Gasteiger partial charge in [0.1, 0.15) is 5.75 Å². The number of benzene rings is 1. The summed E-state index contributed by atoms with van der Waals surface area (Å²) < 4.78 is 5.35. The van der Waals surface area contributed by atoms with E-state index in [1.54, 1.807) is 7.11 Å². The lowest BCUT2D eigenvalue weighted by molar-refractivity contribution is 0.267. The van der Waals surface area contributed by atoms with Crippen molar-refractivity contribution < 1.29 is 4.74 Å². The number of hydrogen-bond acceptors (Lipinski definition) is 2. The minimum atomic E-state index is -0.0384. The predicted octanol–water partition coefficient (Wildman–Crippen LogP) is 4.51. The summed E-state index contributed by atoms with van der Waals surface area (Å²) in [6, 6.07) is 7.80. The molecule has 0 heterocycles. The molecule has 0 fully saturated rings. The van der Waals surface area contributed by atoms with Crippen LogP contribution in [-0.4, -0.2) is 17.8 Å². The summed E-state index contributed by atoms with van der Waals surface area (Å²) in [6.45, 7) is 6.66. The maximum Gasteiger partial charge on any atom is 0.171 e. The first-order valence-corrected chi connectivity index (χ1v) is 8.21. The number of thiocarbonyl (C=S) groups is 1. The van der Waals surface area contributed by atoms with Gasteiger partial charge >= 0.3 is 0 Å². The highest BCUT2D eigenvalue weighted by Gasteiger charge is 2.30. The Morgan fingerprint density at radius 1 is 1.32 bits per heavy atom. The highest BCUT2D eigenvalue weighted by molar-refractivity contribution is 7.80. The van der Waals surface area contributed by atoms with Crippen molar-refractivity contribution in [3.63, 3.8) is 0 Å². The number of nitrogens with one attached hydrogen (secondary N) is 2. The molecule has 1 aromatic carbocycles. The monoisotopic (exact) mass is 318 g/mol. The van der Waals surface area contributed by atoms with Crippen molar-refractivity contribution >= 4 is 23.0 Å². The third-order valence-electron chi connectivity index (χ3n) is 4.45. The molecule has 2 rings (SSSR count). The van der Waals surface area contributed by atoms with Crippen LogP contribution in [0.25, 0.3) is 0 Å². The number of anilines is 1. The number of para-hydroxylation sites is 2. The van der Waals surface area contributed by atoms with E-state index in [2.05, 4.69) is 37.5 Å². The van der Waals surface area contributed by atoms with Gasteiger partial charge in [-0.25, -0.2) is 0 Å². The average Bonchev–Trinajstić information content (AvgIpc) is 2.47. The topological polar surface area (TPSA) is 33.3 Å². The van der Waals surface area contributed by atoms with Crippen LogP contribution in [0.3, 0.4) is 0 Å². The van der Waals surface area contributed by atoms with E-state index < -0.39 is 0 Å². The first-order chi connectivity index (χ1) is 10.4. The van der Waals surface area contributed by atoms with E-state index in [1.807, 2.05) is 24.3 Å². The molecule has 0 saturated carbocycles. The van der Waals surface area contributed by atoms with E-state index in [-0.39, 0.29) is 5.54 Å². The van der Waals surface area contributed by atoms with Crippen LogP contribution < -0.4 is 15.4 Å². The van der Waals surface area contributed by atoms with Gasteiger partial charge in [-0.05, 0) is 70.3 Å². The van der Waals surface area contributed by atoms with Crippen LogP contribution in [0.5, 0.6) is 5.75 Å². The van der Waals surface area contributed by atoms with E-state index in [0.29, 0.717) is 11.0 Å². The van der Waals surface area contributed by atoms with Crippen molar-refractivity contribution in [2.24, 2.45) is 5.92 Å². The van der Waals surface area contributed by atoms with Crippen LogP contribution in [-0.2, 0) is 0 Å². The van der Waals surface area contributed by atoms with Gasteiger partial charge in [0.2, 0.25) is 0 Å². The molecule has 0 aromatic heterocycles. The van der Waals surface area contributed by atoms with Crippen molar-refractivity contribution in [1.82, 2.24) is 5.32 Å². The van der Waals surface area contributed by atoms with Crippen molar-refractivity contribution in [3.8, 4) is 5.75 Å². The summed E-state index contributed by atoms with van der Waals surface area (Å²) in [7, 11) is 1.66. The largest absolute Gasteiger partial charge is 0.495 e. The van der Waals surface area contributed by atoms with E-state index in [0.717, 1.165) is 17.9 Å². The minimum Gasteiger partial charge on any atom is -0.495 e. The van der Waals surface area contributed by atoms with Crippen molar-refractivity contribution in [2.75, 3.05) is 12.4 Å². The number of rotatable bonds is 4. The van der Waals surface area contributed by atoms with Crippen LogP contribution in [0.15, 0.2) is 35.9 Å². The summed E-state index contributed by atoms with van der Waals surface area (Å²) in [5.74, 6) is 1.38. The molecule has 2 N–H and O–H groups in total. The molecule has 22 heavy (non-hydrogen) atoms. The fourth-order valence-electron chi connectivity index (χ4n) is 2.92. The SMILES string of the molecule is COc1ccccc1NC(=S)NC(C)(C)[C@H]1CC=C(C)CC1. The molecule has 0 saturated heterocycles. The van der Waals surface area contributed by atoms with Crippen LogP contribution >= 0.6 is 12.2 Å². The van der Waals surface area contributed by atoms with Crippen molar-refractivity contribution in [1.29, 1.82) is 0 Å². The van der Waals surface area contributed by atoms with Gasteiger partial charge in [0, 0.05) is 5.54 Å². The highest BCUT2D eigenvalue weighted by Crippen LogP contribution is 2.32. The van der Waals surface area contributed by atoms with Gasteiger partial charge in [0.05, 0.1) is 12.8 Å². The van der Waals surface area contributed by atoms with Gasteiger partial charge in [-0.3, -0.25) is 0 Å². The molecule has 120 valence electrons. The zero-order valence-corrected chi connectivity index (χ0v) is 14.7. The Bertz CT molecular complexity index is 566. The van der Waals surface area contributed by atoms with Gasteiger partial charge in [0.15, 0.2) is 5.11 Å². The molecule has 3 nitrogen and oxygen atoms in total. The first kappa shape index (κ1) is 16.8. The fraction of sp³-hybridized carbons (Fsp3) is 0.500. The second-order valence-electron chi connectivity index (χ2n) is 6.52. The molecule has 4 heteroatoms. The second-order valence-corrected chi connectivity index (χ2v) is 6.93. The van der Waals surface area contributed by atoms with E-state index in [9.17, 15) is 0 Å². The molecule has 1 aliphatic rings. The molecule has 0 radical (unpaired) electrons. The molecule has 1 aromatic rings. The van der Waals surface area contributed by atoms with Gasteiger partial charge in [0.25, 0.3) is 0 Å². The summed E-state index contributed by atoms with van der Waals surface area (Å²) in [6.07, 6.45) is 5.86. The number of allylic oxidation sites excluding steroid dienone is 2. The smallest absolute Gasteiger partial charge is 0.171 e. The van der Waals surface area contributed by atoms with Gasteiger partial charge in [-0.15, -0.1) is 0 Å². The normalized spacial score (nSPS) is 18.4. The molecule has 0 aliphatic heterocycles. The van der Waals surface area contributed by atoms with Gasteiger partial charge in [-0.2, -0.15) is 0 Å². The molecule has 1 atom stereocenters. The van der Waals surface area contributed by atoms with Crippen molar-refractivity contribution in [2.45, 2.75) is 45.6 Å². The molecule has 0 amide bonds. The molecule has 0 bridgehead atoms. The lowest BCUT2D eigenvalue weighted by atomic mass is 9.77. The average molecular weight is 318 g/mol. The number of hydrogen-bond donors (Lipinski definition) is 2. The third kappa shape index (κ3) is 4.23. The lowest BCUT2D eigenvalue weighted by Crippen LogP contribution is -2.50. The maximum atomic E-state index is 5.49. The lowest BCUT2D eigenvalue weighted by Gasteiger charge is -2.38. The van der Waals surface area contributed by atoms with Crippen molar-refractivity contribution in [3.05, 3.63) is 35.9 Å².